The van der Waals surface area contributed by atoms with E-state index in [1.807, 2.05) is 31.4 Å². The summed E-state index contributed by atoms with van der Waals surface area (Å²) in [6, 6.07) is 5.90. The zero-order valence-electron chi connectivity index (χ0n) is 13.1. The van der Waals surface area contributed by atoms with Gasteiger partial charge in [0, 0.05) is 31.4 Å². The van der Waals surface area contributed by atoms with E-state index in [1.165, 1.54) is 12.1 Å². The number of benzene rings is 1. The van der Waals surface area contributed by atoms with E-state index >= 15 is 0 Å². The number of likely N-dealkylation sites (N-methyl/N-ethyl adjacent to an activating group) is 1. The number of halogens is 1. The van der Waals surface area contributed by atoms with Gasteiger partial charge in [0.15, 0.2) is 0 Å². The fourth-order valence-corrected chi connectivity index (χ4v) is 2.18. The number of hydrogen-bond acceptors (Lipinski definition) is 4. The molecule has 2 aromatic rings. The lowest BCUT2D eigenvalue weighted by atomic mass is 10.1. The van der Waals surface area contributed by atoms with Crippen LogP contribution >= 0.6 is 0 Å². The molecule has 0 amide bonds. The topological polar surface area (TPSA) is 50.5 Å². The van der Waals surface area contributed by atoms with E-state index in [4.69, 9.17) is 4.74 Å². The Bertz CT molecular complexity index is 585. The quantitative estimate of drug-likeness (QED) is 0.850. The first-order valence-electron chi connectivity index (χ1n) is 7.21. The number of rotatable bonds is 7. The lowest BCUT2D eigenvalue weighted by molar-refractivity contribution is 0.0653. The van der Waals surface area contributed by atoms with Gasteiger partial charge in [-0.05, 0) is 38.2 Å². The van der Waals surface area contributed by atoms with Crippen LogP contribution in [0.15, 0.2) is 36.7 Å². The molecule has 0 aliphatic carbocycles. The average molecular weight is 307 g/mol. The molecule has 0 bridgehead atoms. The maximum absolute atomic E-state index is 12.8. The van der Waals surface area contributed by atoms with Gasteiger partial charge in [-0.1, -0.05) is 0 Å². The summed E-state index contributed by atoms with van der Waals surface area (Å²) in [7, 11) is 3.82. The number of aromatic nitrogens is 2. The molecule has 0 radical (unpaired) electrons. The number of hydrogen-bond donors (Lipinski definition) is 1. The lowest BCUT2D eigenvalue weighted by Crippen LogP contribution is -2.34. The molecule has 0 aliphatic heterocycles. The maximum Gasteiger partial charge on any atom is 0.123 e. The smallest absolute Gasteiger partial charge is 0.123 e. The molecule has 0 fully saturated rings. The second-order valence-corrected chi connectivity index (χ2v) is 5.48. The summed E-state index contributed by atoms with van der Waals surface area (Å²) in [5.41, 5.74) is 1.09. The summed E-state index contributed by atoms with van der Waals surface area (Å²) >= 11 is 0. The second kappa shape index (κ2) is 7.38. The molecule has 5 nitrogen and oxygen atoms in total. The molecule has 0 spiro atoms. The number of ether oxygens (including phenoxy) is 1. The first kappa shape index (κ1) is 16.5. The zero-order chi connectivity index (χ0) is 16.1. The molecular weight excluding hydrogens is 285 g/mol. The van der Waals surface area contributed by atoms with E-state index in [0.29, 0.717) is 12.3 Å². The minimum absolute atomic E-state index is 0.147. The van der Waals surface area contributed by atoms with Gasteiger partial charge >= 0.3 is 0 Å². The normalized spacial score (nSPS) is 14.1. The van der Waals surface area contributed by atoms with Gasteiger partial charge in [-0.3, -0.25) is 9.58 Å². The van der Waals surface area contributed by atoms with E-state index in [0.717, 1.165) is 5.56 Å². The van der Waals surface area contributed by atoms with Gasteiger partial charge < -0.3 is 9.84 Å². The van der Waals surface area contributed by atoms with Gasteiger partial charge in [-0.15, -0.1) is 0 Å². The van der Waals surface area contributed by atoms with Crippen molar-refractivity contribution in [3.63, 3.8) is 0 Å². The van der Waals surface area contributed by atoms with E-state index < -0.39 is 6.10 Å². The van der Waals surface area contributed by atoms with E-state index in [-0.39, 0.29) is 18.5 Å². The number of nitrogens with zero attached hydrogens (tertiary/aromatic N) is 3. The van der Waals surface area contributed by atoms with Crippen LogP contribution in [-0.2, 0) is 7.05 Å². The molecule has 0 aliphatic rings. The molecule has 2 atom stereocenters. The summed E-state index contributed by atoms with van der Waals surface area (Å²) in [6.45, 7) is 2.69. The molecule has 2 rings (SSSR count). The first-order chi connectivity index (χ1) is 10.5. The Morgan fingerprint density at radius 1 is 1.36 bits per heavy atom. The van der Waals surface area contributed by atoms with Crippen molar-refractivity contribution < 1.29 is 14.2 Å². The maximum atomic E-state index is 12.8. The van der Waals surface area contributed by atoms with Gasteiger partial charge in [-0.25, -0.2) is 4.39 Å². The standard InChI is InChI=1S/C16H22FN3O2/c1-12(13-8-18-20(3)9-13)19(2)10-15(21)11-22-16-6-4-14(17)5-7-16/h4-9,12,15,21H,10-11H2,1-3H3. The van der Waals surface area contributed by atoms with Crippen LogP contribution in [0.25, 0.3) is 0 Å². The van der Waals surface area contributed by atoms with Crippen LogP contribution in [0.4, 0.5) is 4.39 Å². The average Bonchev–Trinajstić information content (AvgIpc) is 2.92. The summed E-state index contributed by atoms with van der Waals surface area (Å²) < 4.78 is 20.0. The van der Waals surface area contributed by atoms with Crippen molar-refractivity contribution in [2.45, 2.75) is 19.1 Å². The molecule has 120 valence electrons. The van der Waals surface area contributed by atoms with E-state index in [9.17, 15) is 9.50 Å². The highest BCUT2D eigenvalue weighted by Crippen LogP contribution is 2.18. The number of aliphatic hydroxyl groups excluding tert-OH is 1. The summed E-state index contributed by atoms with van der Waals surface area (Å²) in [5.74, 6) is 0.237. The molecule has 1 aromatic heterocycles. The Labute approximate surface area is 129 Å². The van der Waals surface area contributed by atoms with Crippen LogP contribution in [0.5, 0.6) is 5.75 Å². The zero-order valence-corrected chi connectivity index (χ0v) is 13.1. The highest BCUT2D eigenvalue weighted by atomic mass is 19.1. The predicted molar refractivity (Wildman–Crippen MR) is 82.2 cm³/mol. The van der Waals surface area contributed by atoms with Gasteiger partial charge in [0.2, 0.25) is 0 Å². The molecule has 0 saturated carbocycles. The highest BCUT2D eigenvalue weighted by Gasteiger charge is 2.17. The third-order valence-corrected chi connectivity index (χ3v) is 3.62. The lowest BCUT2D eigenvalue weighted by Gasteiger charge is -2.26. The molecule has 1 N–H and O–H groups in total. The molecule has 1 aromatic carbocycles. The van der Waals surface area contributed by atoms with Crippen LogP contribution < -0.4 is 4.74 Å². The number of aliphatic hydroxyl groups is 1. The SMILES string of the molecule is CC(c1cnn(C)c1)N(C)CC(O)COc1ccc(F)cc1. The molecule has 1 heterocycles. The molecule has 2 unspecified atom stereocenters. The Morgan fingerprint density at radius 2 is 2.05 bits per heavy atom. The van der Waals surface area contributed by atoms with Crippen molar-refractivity contribution >= 4 is 0 Å². The molecular formula is C16H22FN3O2. The van der Waals surface area contributed by atoms with Crippen LogP contribution in [0.1, 0.15) is 18.5 Å². The van der Waals surface area contributed by atoms with Crippen LogP contribution in [0.2, 0.25) is 0 Å². The second-order valence-electron chi connectivity index (χ2n) is 5.48. The monoisotopic (exact) mass is 307 g/mol. The minimum atomic E-state index is -0.630. The van der Waals surface area contributed by atoms with Crippen LogP contribution in [0, 0.1) is 5.82 Å². The van der Waals surface area contributed by atoms with E-state index in [1.54, 1.807) is 16.8 Å². The predicted octanol–water partition coefficient (Wildman–Crippen LogP) is 1.99. The Hall–Kier alpha value is -1.92. The minimum Gasteiger partial charge on any atom is -0.491 e. The van der Waals surface area contributed by atoms with Gasteiger partial charge in [-0.2, -0.15) is 5.10 Å². The fourth-order valence-electron chi connectivity index (χ4n) is 2.18. The van der Waals surface area contributed by atoms with Crippen LogP contribution in [-0.4, -0.2) is 46.1 Å². The van der Waals surface area contributed by atoms with Crippen molar-refractivity contribution in [2.75, 3.05) is 20.2 Å². The molecule has 22 heavy (non-hydrogen) atoms. The van der Waals surface area contributed by atoms with Crippen molar-refractivity contribution in [3.05, 3.63) is 48.0 Å². The third kappa shape index (κ3) is 4.54. The van der Waals surface area contributed by atoms with Crippen molar-refractivity contribution in [2.24, 2.45) is 7.05 Å². The van der Waals surface area contributed by atoms with Crippen molar-refractivity contribution in [1.82, 2.24) is 14.7 Å². The van der Waals surface area contributed by atoms with Gasteiger partial charge in [0.1, 0.15) is 24.3 Å². The largest absolute Gasteiger partial charge is 0.491 e. The Morgan fingerprint density at radius 3 is 2.64 bits per heavy atom. The van der Waals surface area contributed by atoms with Gasteiger partial charge in [0.05, 0.1) is 6.20 Å². The Kier molecular flexibility index (Phi) is 5.51. The Balaban J connectivity index is 1.80. The van der Waals surface area contributed by atoms with Crippen molar-refractivity contribution in [3.8, 4) is 5.75 Å². The van der Waals surface area contributed by atoms with Gasteiger partial charge in [0.25, 0.3) is 0 Å². The first-order valence-corrected chi connectivity index (χ1v) is 7.21. The third-order valence-electron chi connectivity index (χ3n) is 3.62. The van der Waals surface area contributed by atoms with E-state index in [2.05, 4.69) is 12.0 Å². The summed E-state index contributed by atoms with van der Waals surface area (Å²) in [6.07, 6.45) is 3.15. The van der Waals surface area contributed by atoms with Crippen LogP contribution in [0.3, 0.4) is 0 Å². The molecule has 0 saturated heterocycles. The van der Waals surface area contributed by atoms with Crippen molar-refractivity contribution in [1.29, 1.82) is 0 Å². The molecule has 6 heteroatoms. The highest BCUT2D eigenvalue weighted by molar-refractivity contribution is 5.22. The summed E-state index contributed by atoms with van der Waals surface area (Å²) in [4.78, 5) is 2.04. The fraction of sp³-hybridized carbons (Fsp3) is 0.438. The number of aryl methyl sites for hydroxylation is 1. The summed E-state index contributed by atoms with van der Waals surface area (Å²) in [5, 5.41) is 14.2.